The number of carboxylic acids is 1. The molecule has 1 aromatic heterocycles. The topological polar surface area (TPSA) is 121 Å². The zero-order chi connectivity index (χ0) is 27.0. The summed E-state index contributed by atoms with van der Waals surface area (Å²) >= 11 is 0. The standard InChI is InChI=1S/C26H22F4N4O3/c1-3-4-15(31)25(35)32-13-7-5-12(6-8-13)17-19(27)21(29)18(22(30)20(17)28)24-33-16-10-11(2)9-14(26(36)37)23(16)34-24/h5-10,15H,3-4,31H2,1-2H3,(H,32,35)(H,33,34)(H,36,37)/t15-/m0/s1. The third-order valence-corrected chi connectivity index (χ3v) is 5.84. The average Bonchev–Trinajstić information content (AvgIpc) is 3.26. The molecule has 4 rings (SSSR count). The van der Waals surface area contributed by atoms with Gasteiger partial charge in [-0.15, -0.1) is 0 Å². The van der Waals surface area contributed by atoms with Crippen molar-refractivity contribution in [3.05, 3.63) is 70.8 Å². The molecule has 7 nitrogen and oxygen atoms in total. The number of anilines is 1. The molecule has 1 amide bonds. The Labute approximate surface area is 208 Å². The van der Waals surface area contributed by atoms with Crippen LogP contribution in [-0.2, 0) is 4.79 Å². The Morgan fingerprint density at radius 2 is 1.62 bits per heavy atom. The number of rotatable bonds is 7. The monoisotopic (exact) mass is 514 g/mol. The zero-order valence-corrected chi connectivity index (χ0v) is 19.8. The van der Waals surface area contributed by atoms with Crippen molar-refractivity contribution in [2.75, 3.05) is 5.32 Å². The molecule has 37 heavy (non-hydrogen) atoms. The van der Waals surface area contributed by atoms with E-state index in [4.69, 9.17) is 5.73 Å². The number of carboxylic acid groups (broad SMARTS) is 1. The lowest BCUT2D eigenvalue weighted by Crippen LogP contribution is -2.35. The van der Waals surface area contributed by atoms with Gasteiger partial charge in [0, 0.05) is 5.69 Å². The number of hydrogen-bond acceptors (Lipinski definition) is 4. The van der Waals surface area contributed by atoms with E-state index >= 15 is 17.6 Å². The number of aryl methyl sites for hydroxylation is 1. The number of carbonyl (C=O) groups excluding carboxylic acids is 1. The third-order valence-electron chi connectivity index (χ3n) is 5.84. The fraction of sp³-hybridized carbons (Fsp3) is 0.192. The number of fused-ring (bicyclic) bond motifs is 1. The van der Waals surface area contributed by atoms with E-state index in [2.05, 4.69) is 15.3 Å². The number of nitrogens with one attached hydrogen (secondary N) is 2. The van der Waals surface area contributed by atoms with Gasteiger partial charge in [-0.05, 0) is 48.7 Å². The number of amides is 1. The summed E-state index contributed by atoms with van der Waals surface area (Å²) in [5, 5.41) is 12.0. The fourth-order valence-electron chi connectivity index (χ4n) is 4.03. The van der Waals surface area contributed by atoms with Crippen molar-refractivity contribution in [1.29, 1.82) is 0 Å². The number of aromatic nitrogens is 2. The Bertz CT molecular complexity index is 1500. The number of aromatic carboxylic acids is 1. The number of hydrogen-bond donors (Lipinski definition) is 4. The second kappa shape index (κ2) is 10.0. The molecule has 0 radical (unpaired) electrons. The van der Waals surface area contributed by atoms with Crippen molar-refractivity contribution in [2.24, 2.45) is 5.73 Å². The number of H-pyrrole nitrogens is 1. The molecule has 11 heteroatoms. The van der Waals surface area contributed by atoms with E-state index in [1.165, 1.54) is 36.4 Å². The van der Waals surface area contributed by atoms with E-state index in [9.17, 15) is 14.7 Å². The molecular weight excluding hydrogens is 492 g/mol. The van der Waals surface area contributed by atoms with E-state index in [1.807, 2.05) is 6.92 Å². The van der Waals surface area contributed by atoms with Gasteiger partial charge in [0.1, 0.15) is 11.3 Å². The first kappa shape index (κ1) is 25.8. The number of benzene rings is 3. The molecular formula is C26H22F4N4O3. The summed E-state index contributed by atoms with van der Waals surface area (Å²) in [6.07, 6.45) is 1.17. The first-order chi connectivity index (χ1) is 17.5. The summed E-state index contributed by atoms with van der Waals surface area (Å²) in [5.41, 5.74) is 4.12. The molecule has 5 N–H and O–H groups in total. The van der Waals surface area contributed by atoms with Crippen LogP contribution >= 0.6 is 0 Å². The molecule has 0 saturated carbocycles. The minimum atomic E-state index is -1.70. The Morgan fingerprint density at radius 3 is 2.19 bits per heavy atom. The maximum absolute atomic E-state index is 15.1. The third kappa shape index (κ3) is 4.77. The Kier molecular flexibility index (Phi) is 6.99. The van der Waals surface area contributed by atoms with Crippen molar-refractivity contribution < 1.29 is 32.3 Å². The van der Waals surface area contributed by atoms with Crippen molar-refractivity contribution in [1.82, 2.24) is 9.97 Å². The van der Waals surface area contributed by atoms with Gasteiger partial charge in [0.05, 0.1) is 28.2 Å². The van der Waals surface area contributed by atoms with Gasteiger partial charge in [-0.1, -0.05) is 25.5 Å². The van der Waals surface area contributed by atoms with Gasteiger partial charge in [-0.3, -0.25) is 4.79 Å². The van der Waals surface area contributed by atoms with E-state index < -0.39 is 58.1 Å². The van der Waals surface area contributed by atoms with Crippen LogP contribution in [0.25, 0.3) is 33.5 Å². The molecule has 0 bridgehead atoms. The summed E-state index contributed by atoms with van der Waals surface area (Å²) in [6.45, 7) is 3.48. The van der Waals surface area contributed by atoms with E-state index in [-0.39, 0.29) is 27.8 Å². The Balaban J connectivity index is 1.75. The number of imidazole rings is 1. The van der Waals surface area contributed by atoms with Gasteiger partial charge in [-0.25, -0.2) is 27.3 Å². The molecule has 1 heterocycles. The van der Waals surface area contributed by atoms with Gasteiger partial charge in [0.25, 0.3) is 0 Å². The van der Waals surface area contributed by atoms with E-state index in [0.29, 0.717) is 18.4 Å². The zero-order valence-electron chi connectivity index (χ0n) is 19.8. The van der Waals surface area contributed by atoms with Crippen molar-refractivity contribution >= 4 is 28.6 Å². The lowest BCUT2D eigenvalue weighted by molar-refractivity contribution is -0.117. The Hall–Kier alpha value is -4.25. The molecule has 1 atom stereocenters. The highest BCUT2D eigenvalue weighted by molar-refractivity contribution is 6.02. The molecule has 0 aliphatic rings. The lowest BCUT2D eigenvalue weighted by atomic mass is 10.00. The molecule has 0 spiro atoms. The first-order valence-electron chi connectivity index (χ1n) is 11.3. The summed E-state index contributed by atoms with van der Waals surface area (Å²) in [7, 11) is 0. The molecule has 0 aliphatic heterocycles. The quantitative estimate of drug-likeness (QED) is 0.191. The number of carbonyl (C=O) groups is 2. The summed E-state index contributed by atoms with van der Waals surface area (Å²) in [6, 6.07) is 7.12. The molecule has 0 fully saturated rings. The average molecular weight is 514 g/mol. The van der Waals surface area contributed by atoms with Crippen LogP contribution in [0.5, 0.6) is 0 Å². The smallest absolute Gasteiger partial charge is 0.337 e. The molecule has 0 aliphatic carbocycles. The van der Waals surface area contributed by atoms with Crippen LogP contribution in [-0.4, -0.2) is 33.0 Å². The molecule has 3 aromatic carbocycles. The maximum Gasteiger partial charge on any atom is 0.337 e. The summed E-state index contributed by atoms with van der Waals surface area (Å²) in [5.74, 6) is -9.07. The highest BCUT2D eigenvalue weighted by Crippen LogP contribution is 2.37. The van der Waals surface area contributed by atoms with Gasteiger partial charge in [0.15, 0.2) is 23.3 Å². The highest BCUT2D eigenvalue weighted by atomic mass is 19.2. The van der Waals surface area contributed by atoms with Gasteiger partial charge in [0.2, 0.25) is 5.91 Å². The van der Waals surface area contributed by atoms with E-state index in [0.717, 1.165) is 0 Å². The summed E-state index contributed by atoms with van der Waals surface area (Å²) < 4.78 is 60.4. The van der Waals surface area contributed by atoms with Crippen LogP contribution in [0, 0.1) is 30.2 Å². The predicted octanol–water partition coefficient (Wildman–Crippen LogP) is 5.53. The molecule has 192 valence electrons. The molecule has 0 saturated heterocycles. The van der Waals surface area contributed by atoms with Crippen LogP contribution in [0.1, 0.15) is 35.7 Å². The molecule has 0 unspecified atom stereocenters. The normalized spacial score (nSPS) is 12.1. The van der Waals surface area contributed by atoms with Crippen LogP contribution < -0.4 is 11.1 Å². The van der Waals surface area contributed by atoms with Gasteiger partial charge in [-0.2, -0.15) is 0 Å². The minimum absolute atomic E-state index is 0.118. The largest absolute Gasteiger partial charge is 0.478 e. The number of nitrogens with zero attached hydrogens (tertiary/aromatic N) is 1. The van der Waals surface area contributed by atoms with Crippen LogP contribution in [0.3, 0.4) is 0 Å². The summed E-state index contributed by atoms with van der Waals surface area (Å²) in [4.78, 5) is 30.1. The fourth-order valence-corrected chi connectivity index (χ4v) is 4.03. The number of aromatic amines is 1. The van der Waals surface area contributed by atoms with Crippen LogP contribution in [0.2, 0.25) is 0 Å². The van der Waals surface area contributed by atoms with Crippen LogP contribution in [0.4, 0.5) is 23.2 Å². The van der Waals surface area contributed by atoms with Crippen LogP contribution in [0.15, 0.2) is 36.4 Å². The van der Waals surface area contributed by atoms with Crippen molar-refractivity contribution in [3.63, 3.8) is 0 Å². The highest BCUT2D eigenvalue weighted by Gasteiger charge is 2.29. The van der Waals surface area contributed by atoms with E-state index in [1.54, 1.807) is 6.92 Å². The first-order valence-corrected chi connectivity index (χ1v) is 11.3. The number of nitrogens with two attached hydrogens (primary N) is 1. The van der Waals surface area contributed by atoms with Crippen molar-refractivity contribution in [3.8, 4) is 22.5 Å². The van der Waals surface area contributed by atoms with Gasteiger partial charge >= 0.3 is 5.97 Å². The molecule has 4 aromatic rings. The minimum Gasteiger partial charge on any atom is -0.478 e. The second-order valence-electron chi connectivity index (χ2n) is 8.57. The number of halogens is 4. The van der Waals surface area contributed by atoms with Gasteiger partial charge < -0.3 is 21.1 Å². The second-order valence-corrected chi connectivity index (χ2v) is 8.57. The lowest BCUT2D eigenvalue weighted by Gasteiger charge is -2.13. The van der Waals surface area contributed by atoms with Crippen molar-refractivity contribution in [2.45, 2.75) is 32.7 Å². The Morgan fingerprint density at radius 1 is 1.03 bits per heavy atom. The SMILES string of the molecule is CCC[C@H](N)C(=O)Nc1ccc(-c2c(F)c(F)c(-c3nc4c(C(=O)O)cc(C)cc4[nH]3)c(F)c2F)cc1. The predicted molar refractivity (Wildman–Crippen MR) is 130 cm³/mol. The maximum atomic E-state index is 15.1.